The first kappa shape index (κ1) is 10.4. The normalized spacial score (nSPS) is 13.1. The molecule has 0 aliphatic carbocycles. The molecule has 14 heavy (non-hydrogen) atoms. The van der Waals surface area contributed by atoms with E-state index in [1.54, 1.807) is 22.7 Å². The Hall–Kier alpha value is -0.160. The number of rotatable bonds is 2. The second-order valence-electron chi connectivity index (χ2n) is 3.06. The predicted octanol–water partition coefficient (Wildman–Crippen LogP) is 3.93. The van der Waals surface area contributed by atoms with Gasteiger partial charge in [0.1, 0.15) is 0 Å². The van der Waals surface area contributed by atoms with Gasteiger partial charge in [-0.3, -0.25) is 0 Å². The predicted molar refractivity (Wildman–Crippen MR) is 67.1 cm³/mol. The van der Waals surface area contributed by atoms with Crippen LogP contribution in [-0.4, -0.2) is 0 Å². The van der Waals surface area contributed by atoms with E-state index in [4.69, 9.17) is 5.73 Å². The van der Waals surface area contributed by atoms with Crippen LogP contribution in [0.15, 0.2) is 28.1 Å². The Morgan fingerprint density at radius 2 is 2.29 bits per heavy atom. The molecule has 0 saturated carbocycles. The van der Waals surface area contributed by atoms with Crippen molar-refractivity contribution in [2.45, 2.75) is 13.0 Å². The highest BCUT2D eigenvalue weighted by Crippen LogP contribution is 2.35. The highest BCUT2D eigenvalue weighted by Gasteiger charge is 2.15. The van der Waals surface area contributed by atoms with E-state index in [1.165, 1.54) is 14.6 Å². The van der Waals surface area contributed by atoms with Crippen molar-refractivity contribution in [1.82, 2.24) is 0 Å². The lowest BCUT2D eigenvalue weighted by molar-refractivity contribution is 0.912. The first-order valence-electron chi connectivity index (χ1n) is 4.23. The average Bonchev–Trinajstić information content (AvgIpc) is 2.73. The molecule has 2 aromatic heterocycles. The van der Waals surface area contributed by atoms with E-state index < -0.39 is 0 Å². The van der Waals surface area contributed by atoms with Gasteiger partial charge in [0.15, 0.2) is 0 Å². The van der Waals surface area contributed by atoms with Crippen molar-refractivity contribution in [3.8, 4) is 0 Å². The molecule has 0 amide bonds. The third-order valence-corrected chi connectivity index (χ3v) is 4.98. The van der Waals surface area contributed by atoms with Gasteiger partial charge in [0, 0.05) is 19.1 Å². The summed E-state index contributed by atoms with van der Waals surface area (Å²) < 4.78 is 1.13. The van der Waals surface area contributed by atoms with Crippen molar-refractivity contribution in [2.24, 2.45) is 5.73 Å². The number of nitrogens with two attached hydrogens (primary N) is 1. The molecule has 1 atom stereocenters. The minimum absolute atomic E-state index is 0.0167. The van der Waals surface area contributed by atoms with E-state index >= 15 is 0 Å². The Bertz CT molecular complexity index is 419. The zero-order chi connectivity index (χ0) is 10.1. The minimum atomic E-state index is 0.0167. The van der Waals surface area contributed by atoms with E-state index in [1.807, 2.05) is 6.07 Å². The second kappa shape index (κ2) is 4.14. The van der Waals surface area contributed by atoms with Gasteiger partial charge in [-0.05, 0) is 40.4 Å². The molecule has 4 heteroatoms. The summed E-state index contributed by atoms with van der Waals surface area (Å²) in [5, 5.41) is 2.06. The first-order chi connectivity index (χ1) is 6.68. The molecule has 0 aromatic carbocycles. The van der Waals surface area contributed by atoms with Crippen molar-refractivity contribution in [2.75, 3.05) is 0 Å². The number of hydrogen-bond acceptors (Lipinski definition) is 3. The summed E-state index contributed by atoms with van der Waals surface area (Å²) in [6.07, 6.45) is 0. The lowest BCUT2D eigenvalue weighted by Crippen LogP contribution is -2.08. The zero-order valence-electron chi connectivity index (χ0n) is 7.66. The molecule has 0 fully saturated rings. The summed E-state index contributed by atoms with van der Waals surface area (Å²) in [6, 6.07) is 6.25. The number of thiophene rings is 2. The number of aryl methyl sites for hydroxylation is 1. The van der Waals surface area contributed by atoms with Crippen LogP contribution in [0.25, 0.3) is 0 Å². The molecule has 1 nitrogen and oxygen atoms in total. The van der Waals surface area contributed by atoms with Crippen molar-refractivity contribution in [1.29, 1.82) is 0 Å². The Morgan fingerprint density at radius 3 is 2.79 bits per heavy atom. The Labute approximate surface area is 99.7 Å². The zero-order valence-corrected chi connectivity index (χ0v) is 10.9. The molecule has 2 heterocycles. The first-order valence-corrected chi connectivity index (χ1v) is 6.72. The quantitative estimate of drug-likeness (QED) is 0.890. The fourth-order valence-corrected chi connectivity index (χ4v) is 4.04. The molecule has 74 valence electrons. The minimum Gasteiger partial charge on any atom is -0.319 e. The van der Waals surface area contributed by atoms with Crippen LogP contribution in [0.2, 0.25) is 0 Å². The molecule has 2 aromatic rings. The van der Waals surface area contributed by atoms with E-state index in [9.17, 15) is 0 Å². The van der Waals surface area contributed by atoms with Gasteiger partial charge in [-0.15, -0.1) is 22.7 Å². The van der Waals surface area contributed by atoms with Crippen LogP contribution in [0.3, 0.4) is 0 Å². The molecule has 0 spiro atoms. The van der Waals surface area contributed by atoms with Crippen LogP contribution in [0.5, 0.6) is 0 Å². The van der Waals surface area contributed by atoms with Gasteiger partial charge in [-0.25, -0.2) is 0 Å². The van der Waals surface area contributed by atoms with Gasteiger partial charge >= 0.3 is 0 Å². The van der Waals surface area contributed by atoms with Gasteiger partial charge in [0.05, 0.1) is 6.04 Å². The molecule has 2 N–H and O–H groups in total. The highest BCUT2D eigenvalue weighted by molar-refractivity contribution is 9.10. The fourth-order valence-electron chi connectivity index (χ4n) is 1.31. The highest BCUT2D eigenvalue weighted by atomic mass is 79.9. The van der Waals surface area contributed by atoms with Gasteiger partial charge in [-0.2, -0.15) is 0 Å². The van der Waals surface area contributed by atoms with Crippen LogP contribution < -0.4 is 5.73 Å². The van der Waals surface area contributed by atoms with E-state index in [2.05, 4.69) is 40.4 Å². The molecule has 2 rings (SSSR count). The molecular formula is C10H10BrNS2. The van der Waals surface area contributed by atoms with Crippen LogP contribution in [-0.2, 0) is 0 Å². The molecule has 0 aliphatic heterocycles. The number of hydrogen-bond donors (Lipinski definition) is 1. The molecule has 1 unspecified atom stereocenters. The maximum Gasteiger partial charge on any atom is 0.0751 e. The number of halogens is 1. The summed E-state index contributed by atoms with van der Waals surface area (Å²) in [5.41, 5.74) is 6.17. The second-order valence-corrected chi connectivity index (χ2v) is 6.18. The van der Waals surface area contributed by atoms with Crippen LogP contribution >= 0.6 is 38.6 Å². The third-order valence-electron chi connectivity index (χ3n) is 1.97. The standard InChI is InChI=1S/C10H10BrNS2/c1-6-5-7(11)10(14-6)9(12)8-3-2-4-13-8/h2-5,9H,12H2,1H3. The Kier molecular flexibility index (Phi) is 3.07. The summed E-state index contributed by atoms with van der Waals surface area (Å²) in [5.74, 6) is 0. The molecule has 0 saturated heterocycles. The fraction of sp³-hybridized carbons (Fsp3) is 0.200. The maximum atomic E-state index is 6.17. The molecule has 0 bridgehead atoms. The lowest BCUT2D eigenvalue weighted by atomic mass is 10.2. The van der Waals surface area contributed by atoms with Gasteiger partial charge < -0.3 is 5.73 Å². The van der Waals surface area contributed by atoms with E-state index in [-0.39, 0.29) is 6.04 Å². The molecule has 0 aliphatic rings. The van der Waals surface area contributed by atoms with Gasteiger partial charge in [0.25, 0.3) is 0 Å². The lowest BCUT2D eigenvalue weighted by Gasteiger charge is -2.07. The largest absolute Gasteiger partial charge is 0.319 e. The maximum absolute atomic E-state index is 6.17. The summed E-state index contributed by atoms with van der Waals surface area (Å²) >= 11 is 7.00. The monoisotopic (exact) mass is 287 g/mol. The average molecular weight is 288 g/mol. The van der Waals surface area contributed by atoms with Crippen LogP contribution in [0, 0.1) is 6.92 Å². The topological polar surface area (TPSA) is 26.0 Å². The smallest absolute Gasteiger partial charge is 0.0751 e. The van der Waals surface area contributed by atoms with Gasteiger partial charge in [0.2, 0.25) is 0 Å². The van der Waals surface area contributed by atoms with Crippen molar-refractivity contribution >= 4 is 38.6 Å². The van der Waals surface area contributed by atoms with Gasteiger partial charge in [-0.1, -0.05) is 6.07 Å². The van der Waals surface area contributed by atoms with E-state index in [0.717, 1.165) is 4.47 Å². The van der Waals surface area contributed by atoms with Crippen molar-refractivity contribution in [3.63, 3.8) is 0 Å². The summed E-state index contributed by atoms with van der Waals surface area (Å²) in [7, 11) is 0. The Balaban J connectivity index is 2.36. The van der Waals surface area contributed by atoms with Crippen LogP contribution in [0.4, 0.5) is 0 Å². The SMILES string of the molecule is Cc1cc(Br)c(C(N)c2cccs2)s1. The van der Waals surface area contributed by atoms with Crippen molar-refractivity contribution in [3.05, 3.63) is 42.7 Å². The van der Waals surface area contributed by atoms with E-state index in [0.29, 0.717) is 0 Å². The molecular weight excluding hydrogens is 278 g/mol. The molecule has 0 radical (unpaired) electrons. The van der Waals surface area contributed by atoms with Crippen molar-refractivity contribution < 1.29 is 0 Å². The Morgan fingerprint density at radius 1 is 1.50 bits per heavy atom. The summed E-state index contributed by atoms with van der Waals surface area (Å²) in [4.78, 5) is 3.72. The third kappa shape index (κ3) is 1.93. The van der Waals surface area contributed by atoms with Crippen LogP contribution in [0.1, 0.15) is 20.7 Å². The summed E-state index contributed by atoms with van der Waals surface area (Å²) in [6.45, 7) is 2.10.